The lowest BCUT2D eigenvalue weighted by Gasteiger charge is -2.21. The molecule has 0 aromatic heterocycles. The van der Waals surface area contributed by atoms with E-state index in [4.69, 9.17) is 0 Å². The average molecular weight is 333 g/mol. The molecule has 0 saturated heterocycles. The van der Waals surface area contributed by atoms with Crippen molar-refractivity contribution in [2.45, 2.75) is 26.1 Å². The van der Waals surface area contributed by atoms with Crippen LogP contribution in [0.3, 0.4) is 0 Å². The molecule has 0 spiro atoms. The summed E-state index contributed by atoms with van der Waals surface area (Å²) in [6.07, 6.45) is 0. The minimum Gasteiger partial charge on any atom is -0.347 e. The van der Waals surface area contributed by atoms with Gasteiger partial charge in [0.25, 0.3) is 5.91 Å². The molecule has 0 aliphatic carbocycles. The van der Waals surface area contributed by atoms with E-state index in [2.05, 4.69) is 54.8 Å². The Labute approximate surface area is 149 Å². The molecule has 1 unspecified atom stereocenters. The zero-order chi connectivity index (χ0) is 17.6. The van der Waals surface area contributed by atoms with Crippen LogP contribution in [0.2, 0.25) is 0 Å². The normalized spacial score (nSPS) is 13.4. The summed E-state index contributed by atoms with van der Waals surface area (Å²) in [5.74, 6) is 0.0853. The minimum atomic E-state index is -0.102. The third kappa shape index (κ3) is 4.46. The maximum absolute atomic E-state index is 12.4. The molecule has 0 heterocycles. The second kappa shape index (κ2) is 7.95. The summed E-state index contributed by atoms with van der Waals surface area (Å²) < 4.78 is 0. The lowest BCUT2D eigenvalue weighted by atomic mass is 10.1. The van der Waals surface area contributed by atoms with E-state index in [1.165, 1.54) is 21.2 Å². The number of hydrogen-bond acceptors (Lipinski definition) is 1. The van der Waals surface area contributed by atoms with Gasteiger partial charge in [0, 0.05) is 12.1 Å². The number of quaternary nitrogens is 1. The summed E-state index contributed by atoms with van der Waals surface area (Å²) in [6.45, 7) is 3.38. The maximum atomic E-state index is 12.4. The van der Waals surface area contributed by atoms with Gasteiger partial charge in [0.05, 0.1) is 7.05 Å². The van der Waals surface area contributed by atoms with E-state index in [1.807, 2.05) is 37.3 Å². The fourth-order valence-corrected chi connectivity index (χ4v) is 2.99. The summed E-state index contributed by atoms with van der Waals surface area (Å²) in [7, 11) is 2.07. The SMILES string of the molecule is C[C@H](C(=O)NCc1ccccc1)[NH+](C)Cc1ccc2ccccc2c1. The van der Waals surface area contributed by atoms with Gasteiger partial charge in [0.2, 0.25) is 0 Å². The third-order valence-corrected chi connectivity index (χ3v) is 4.74. The van der Waals surface area contributed by atoms with Crippen molar-refractivity contribution in [2.75, 3.05) is 7.05 Å². The molecule has 128 valence electrons. The largest absolute Gasteiger partial charge is 0.347 e. The van der Waals surface area contributed by atoms with Crippen LogP contribution in [0.1, 0.15) is 18.1 Å². The Bertz CT molecular complexity index is 845. The van der Waals surface area contributed by atoms with Crippen LogP contribution in [0.5, 0.6) is 0 Å². The average Bonchev–Trinajstić information content (AvgIpc) is 2.66. The molecule has 0 aliphatic heterocycles. The summed E-state index contributed by atoms with van der Waals surface area (Å²) in [5.41, 5.74) is 2.37. The Hall–Kier alpha value is -2.65. The maximum Gasteiger partial charge on any atom is 0.278 e. The van der Waals surface area contributed by atoms with Crippen LogP contribution >= 0.6 is 0 Å². The van der Waals surface area contributed by atoms with Crippen molar-refractivity contribution >= 4 is 16.7 Å². The molecule has 25 heavy (non-hydrogen) atoms. The molecular weight excluding hydrogens is 308 g/mol. The van der Waals surface area contributed by atoms with Crippen LogP contribution in [0.4, 0.5) is 0 Å². The zero-order valence-electron chi connectivity index (χ0n) is 14.8. The molecule has 3 aromatic rings. The van der Waals surface area contributed by atoms with Gasteiger partial charge < -0.3 is 10.2 Å². The topological polar surface area (TPSA) is 33.5 Å². The third-order valence-electron chi connectivity index (χ3n) is 4.74. The van der Waals surface area contributed by atoms with Crippen molar-refractivity contribution in [3.63, 3.8) is 0 Å². The van der Waals surface area contributed by atoms with Crippen LogP contribution in [0, 0.1) is 0 Å². The smallest absolute Gasteiger partial charge is 0.278 e. The van der Waals surface area contributed by atoms with Gasteiger partial charge in [-0.1, -0.05) is 66.7 Å². The number of benzene rings is 3. The number of hydrogen-bond donors (Lipinski definition) is 2. The summed E-state index contributed by atoms with van der Waals surface area (Å²) in [5, 5.41) is 5.53. The van der Waals surface area contributed by atoms with E-state index >= 15 is 0 Å². The first kappa shape index (κ1) is 17.2. The van der Waals surface area contributed by atoms with Gasteiger partial charge >= 0.3 is 0 Å². The number of carbonyl (C=O) groups is 1. The van der Waals surface area contributed by atoms with Crippen LogP contribution in [0.25, 0.3) is 10.8 Å². The van der Waals surface area contributed by atoms with Gasteiger partial charge in [0.15, 0.2) is 6.04 Å². The van der Waals surface area contributed by atoms with E-state index < -0.39 is 0 Å². The molecule has 0 radical (unpaired) electrons. The molecule has 3 nitrogen and oxygen atoms in total. The molecular formula is C22H25N2O+. The number of carbonyl (C=O) groups excluding carboxylic acids is 1. The van der Waals surface area contributed by atoms with Crippen LogP contribution < -0.4 is 10.2 Å². The number of rotatable bonds is 6. The lowest BCUT2D eigenvalue weighted by molar-refractivity contribution is -0.908. The summed E-state index contributed by atoms with van der Waals surface area (Å²) in [6, 6.07) is 24.8. The van der Waals surface area contributed by atoms with Gasteiger partial charge in [-0.15, -0.1) is 0 Å². The highest BCUT2D eigenvalue weighted by Crippen LogP contribution is 2.15. The molecule has 0 aliphatic rings. The Morgan fingerprint density at radius 3 is 2.36 bits per heavy atom. The molecule has 0 saturated carbocycles. The van der Waals surface area contributed by atoms with Crippen molar-refractivity contribution in [1.82, 2.24) is 5.32 Å². The zero-order valence-corrected chi connectivity index (χ0v) is 14.8. The second-order valence-corrected chi connectivity index (χ2v) is 6.63. The second-order valence-electron chi connectivity index (χ2n) is 6.63. The van der Waals surface area contributed by atoms with Crippen molar-refractivity contribution < 1.29 is 9.69 Å². The number of nitrogens with one attached hydrogen (secondary N) is 2. The van der Waals surface area contributed by atoms with E-state index in [0.29, 0.717) is 6.54 Å². The van der Waals surface area contributed by atoms with Gasteiger partial charge in [-0.05, 0) is 29.3 Å². The standard InChI is InChI=1S/C22H24N2O/c1-17(22(25)23-15-18-8-4-3-5-9-18)24(2)16-19-12-13-20-10-6-7-11-21(20)14-19/h3-14,17H,15-16H2,1-2H3,(H,23,25)/p+1/t17-/m1/s1. The Balaban J connectivity index is 1.59. The lowest BCUT2D eigenvalue weighted by Crippen LogP contribution is -3.12. The fraction of sp³-hybridized carbons (Fsp3) is 0.227. The summed E-state index contributed by atoms with van der Waals surface area (Å²) in [4.78, 5) is 13.6. The van der Waals surface area contributed by atoms with Crippen molar-refractivity contribution in [3.05, 3.63) is 83.9 Å². The molecule has 3 rings (SSSR count). The van der Waals surface area contributed by atoms with E-state index in [0.717, 1.165) is 12.1 Å². The Morgan fingerprint density at radius 1 is 0.920 bits per heavy atom. The summed E-state index contributed by atoms with van der Waals surface area (Å²) >= 11 is 0. The number of amides is 1. The van der Waals surface area contributed by atoms with Crippen molar-refractivity contribution in [3.8, 4) is 0 Å². The highest BCUT2D eigenvalue weighted by molar-refractivity contribution is 5.83. The molecule has 3 aromatic carbocycles. The molecule has 0 fully saturated rings. The Kier molecular flexibility index (Phi) is 5.46. The first-order valence-corrected chi connectivity index (χ1v) is 8.75. The monoisotopic (exact) mass is 333 g/mol. The molecule has 2 atom stereocenters. The molecule has 1 amide bonds. The molecule has 3 heteroatoms. The predicted octanol–water partition coefficient (Wildman–Crippen LogP) is 2.56. The Morgan fingerprint density at radius 2 is 1.60 bits per heavy atom. The van der Waals surface area contributed by atoms with Gasteiger partial charge in [0.1, 0.15) is 6.54 Å². The van der Waals surface area contributed by atoms with Crippen LogP contribution in [-0.2, 0) is 17.9 Å². The minimum absolute atomic E-state index is 0.0853. The highest BCUT2D eigenvalue weighted by Gasteiger charge is 2.21. The van der Waals surface area contributed by atoms with Gasteiger partial charge in [-0.2, -0.15) is 0 Å². The highest BCUT2D eigenvalue weighted by atomic mass is 16.2. The van der Waals surface area contributed by atoms with E-state index in [1.54, 1.807) is 0 Å². The van der Waals surface area contributed by atoms with Gasteiger partial charge in [-0.3, -0.25) is 4.79 Å². The first-order chi connectivity index (χ1) is 12.1. The van der Waals surface area contributed by atoms with Gasteiger partial charge in [-0.25, -0.2) is 0 Å². The van der Waals surface area contributed by atoms with E-state index in [9.17, 15) is 4.79 Å². The van der Waals surface area contributed by atoms with Crippen molar-refractivity contribution in [2.24, 2.45) is 0 Å². The quantitative estimate of drug-likeness (QED) is 0.714. The van der Waals surface area contributed by atoms with Crippen LogP contribution in [-0.4, -0.2) is 19.0 Å². The number of likely N-dealkylation sites (N-methyl/N-ethyl adjacent to an activating group) is 1. The number of fused-ring (bicyclic) bond motifs is 1. The molecule has 0 bridgehead atoms. The van der Waals surface area contributed by atoms with Crippen LogP contribution in [0.15, 0.2) is 72.8 Å². The first-order valence-electron chi connectivity index (χ1n) is 8.75. The van der Waals surface area contributed by atoms with Crippen molar-refractivity contribution in [1.29, 1.82) is 0 Å². The molecule has 2 N–H and O–H groups in total. The predicted molar refractivity (Wildman–Crippen MR) is 102 cm³/mol. The fourth-order valence-electron chi connectivity index (χ4n) is 2.99. The van der Waals surface area contributed by atoms with E-state index in [-0.39, 0.29) is 11.9 Å².